The largest absolute Gasteiger partial charge is 0.379 e. The van der Waals surface area contributed by atoms with Crippen LogP contribution in [-0.2, 0) is 4.74 Å². The molecule has 2 aliphatic rings. The fourth-order valence-corrected chi connectivity index (χ4v) is 2.47. The number of thioether (sulfide) groups is 1. The van der Waals surface area contributed by atoms with E-state index in [2.05, 4.69) is 4.90 Å². The van der Waals surface area contributed by atoms with Crippen molar-refractivity contribution in [3.63, 3.8) is 0 Å². The summed E-state index contributed by atoms with van der Waals surface area (Å²) in [5.74, 6) is 1.04. The Morgan fingerprint density at radius 3 is 2.55 bits per heavy atom. The predicted octanol–water partition coefficient (Wildman–Crippen LogP) is 0.925. The molecule has 1 radical (unpaired) electrons. The van der Waals surface area contributed by atoms with E-state index in [0.717, 1.165) is 36.9 Å². The summed E-state index contributed by atoms with van der Waals surface area (Å²) in [7, 11) is 0. The van der Waals surface area contributed by atoms with Crippen molar-refractivity contribution in [1.29, 1.82) is 0 Å². The molecule has 2 heterocycles. The zero-order valence-corrected chi connectivity index (χ0v) is 7.84. The van der Waals surface area contributed by atoms with Crippen LogP contribution in [0.2, 0.25) is 0 Å². The lowest BCUT2D eigenvalue weighted by atomic mass is 10.3. The summed E-state index contributed by atoms with van der Waals surface area (Å²) in [6.07, 6.45) is 0. The normalized spacial score (nSPS) is 28.5. The molecule has 0 saturated carbocycles. The van der Waals surface area contributed by atoms with E-state index in [4.69, 9.17) is 17.0 Å². The van der Waals surface area contributed by atoms with E-state index < -0.39 is 0 Å². The lowest BCUT2D eigenvalue weighted by Gasteiger charge is -2.38. The summed E-state index contributed by atoms with van der Waals surface area (Å²) in [6.45, 7) is 3.74. The van der Waals surface area contributed by atoms with Crippen LogP contribution in [-0.4, -0.2) is 41.8 Å². The van der Waals surface area contributed by atoms with Crippen LogP contribution >= 0.6 is 24.0 Å². The first-order valence-corrected chi connectivity index (χ1v) is 5.13. The molecule has 2 fully saturated rings. The molecule has 0 unspecified atom stereocenters. The first kappa shape index (κ1) is 7.98. The van der Waals surface area contributed by atoms with Gasteiger partial charge in [0.1, 0.15) is 5.37 Å². The Morgan fingerprint density at radius 1 is 1.36 bits per heavy atom. The zero-order valence-electron chi connectivity index (χ0n) is 6.21. The summed E-state index contributed by atoms with van der Waals surface area (Å²) < 4.78 is 5.25. The van der Waals surface area contributed by atoms with Gasteiger partial charge in [0.2, 0.25) is 0 Å². The SMILES string of the molecule is S=C1CS[C]1N1CCOCC1. The maximum Gasteiger partial charge on any atom is 0.133 e. The molecule has 0 aliphatic carbocycles. The minimum absolute atomic E-state index is 0.854. The minimum atomic E-state index is 0.854. The van der Waals surface area contributed by atoms with Gasteiger partial charge in [-0.05, 0) is 0 Å². The molecule has 0 aromatic heterocycles. The number of thiocarbonyl (C=S) groups is 1. The maximum absolute atomic E-state index is 5.25. The molecule has 0 aromatic carbocycles. The fourth-order valence-electron chi connectivity index (χ4n) is 1.23. The van der Waals surface area contributed by atoms with Crippen molar-refractivity contribution in [3.8, 4) is 0 Å². The van der Waals surface area contributed by atoms with Gasteiger partial charge in [0, 0.05) is 23.7 Å². The lowest BCUT2D eigenvalue weighted by Crippen LogP contribution is -2.44. The van der Waals surface area contributed by atoms with Gasteiger partial charge in [-0.25, -0.2) is 0 Å². The summed E-state index contributed by atoms with van der Waals surface area (Å²) in [5.41, 5.74) is 0. The summed E-state index contributed by atoms with van der Waals surface area (Å²) in [6, 6.07) is 0. The molecule has 4 heteroatoms. The number of rotatable bonds is 1. The second-order valence-corrected chi connectivity index (χ2v) is 4.07. The van der Waals surface area contributed by atoms with E-state index in [1.807, 2.05) is 11.8 Å². The van der Waals surface area contributed by atoms with Crippen LogP contribution in [0.15, 0.2) is 0 Å². The third-order valence-corrected chi connectivity index (χ3v) is 3.74. The Balaban J connectivity index is 1.88. The van der Waals surface area contributed by atoms with Gasteiger partial charge < -0.3 is 4.74 Å². The highest BCUT2D eigenvalue weighted by Crippen LogP contribution is 2.36. The lowest BCUT2D eigenvalue weighted by molar-refractivity contribution is 0.0523. The monoisotopic (exact) mass is 188 g/mol. The van der Waals surface area contributed by atoms with Gasteiger partial charge in [0.05, 0.1) is 13.2 Å². The number of nitrogens with zero attached hydrogens (tertiary/aromatic N) is 1. The van der Waals surface area contributed by atoms with Crippen LogP contribution in [0.3, 0.4) is 0 Å². The fraction of sp³-hybridized carbons (Fsp3) is 0.714. The van der Waals surface area contributed by atoms with Crippen molar-refractivity contribution in [2.24, 2.45) is 0 Å². The number of hydrogen-bond acceptors (Lipinski definition) is 4. The Kier molecular flexibility index (Phi) is 2.46. The van der Waals surface area contributed by atoms with Crippen LogP contribution in [0.1, 0.15) is 0 Å². The van der Waals surface area contributed by atoms with Crippen molar-refractivity contribution >= 4 is 28.8 Å². The van der Waals surface area contributed by atoms with E-state index >= 15 is 0 Å². The molecule has 2 saturated heterocycles. The molecule has 0 amide bonds. The van der Waals surface area contributed by atoms with Gasteiger partial charge in [-0.3, -0.25) is 4.90 Å². The summed E-state index contributed by atoms with van der Waals surface area (Å²) >= 11 is 7.01. The molecule has 61 valence electrons. The van der Waals surface area contributed by atoms with Gasteiger partial charge in [-0.15, -0.1) is 11.8 Å². The first-order chi connectivity index (χ1) is 5.38. The average Bonchev–Trinajstić information content (AvgIpc) is 2.04. The van der Waals surface area contributed by atoms with E-state index in [9.17, 15) is 0 Å². The van der Waals surface area contributed by atoms with Crippen LogP contribution in [0.25, 0.3) is 0 Å². The molecular formula is C7H10NOS2. The standard InChI is InChI=1S/C7H10NOS2/c10-6-5-11-7(6)8-1-3-9-4-2-8/h1-5H2. The van der Waals surface area contributed by atoms with Gasteiger partial charge in [-0.2, -0.15) is 0 Å². The second-order valence-electron chi connectivity index (χ2n) is 2.62. The number of ether oxygens (including phenoxy) is 1. The Morgan fingerprint density at radius 2 is 2.09 bits per heavy atom. The predicted molar refractivity (Wildman–Crippen MR) is 50.7 cm³/mol. The quantitative estimate of drug-likeness (QED) is 0.567. The summed E-state index contributed by atoms with van der Waals surface area (Å²) in [5, 5.41) is 1.32. The van der Waals surface area contributed by atoms with Crippen molar-refractivity contribution < 1.29 is 4.74 Å². The first-order valence-electron chi connectivity index (χ1n) is 3.73. The van der Waals surface area contributed by atoms with Crippen LogP contribution in [0.5, 0.6) is 0 Å². The second kappa shape index (κ2) is 3.39. The maximum atomic E-state index is 5.25. The Labute approximate surface area is 76.3 Å². The highest BCUT2D eigenvalue weighted by molar-refractivity contribution is 8.09. The summed E-state index contributed by atoms with van der Waals surface area (Å²) in [4.78, 5) is 3.47. The minimum Gasteiger partial charge on any atom is -0.379 e. The average molecular weight is 188 g/mol. The molecule has 0 aromatic rings. The number of hydrogen-bond donors (Lipinski definition) is 0. The molecular weight excluding hydrogens is 178 g/mol. The smallest absolute Gasteiger partial charge is 0.133 e. The third kappa shape index (κ3) is 1.59. The highest BCUT2D eigenvalue weighted by atomic mass is 32.2. The van der Waals surface area contributed by atoms with E-state index in [1.54, 1.807) is 0 Å². The molecule has 0 atom stereocenters. The molecule has 2 nitrogen and oxygen atoms in total. The van der Waals surface area contributed by atoms with Crippen LogP contribution in [0, 0.1) is 5.37 Å². The molecule has 2 rings (SSSR count). The highest BCUT2D eigenvalue weighted by Gasteiger charge is 2.32. The van der Waals surface area contributed by atoms with Gasteiger partial charge >= 0.3 is 0 Å². The van der Waals surface area contributed by atoms with Crippen LogP contribution in [0.4, 0.5) is 0 Å². The molecule has 11 heavy (non-hydrogen) atoms. The van der Waals surface area contributed by atoms with Crippen molar-refractivity contribution in [2.45, 2.75) is 0 Å². The van der Waals surface area contributed by atoms with E-state index in [0.29, 0.717) is 0 Å². The Hall–Kier alpha value is 0.360. The third-order valence-electron chi connectivity index (χ3n) is 1.88. The van der Waals surface area contributed by atoms with Crippen LogP contribution < -0.4 is 0 Å². The van der Waals surface area contributed by atoms with E-state index in [-0.39, 0.29) is 0 Å². The van der Waals surface area contributed by atoms with Gasteiger partial charge in [0.15, 0.2) is 0 Å². The topological polar surface area (TPSA) is 12.5 Å². The molecule has 2 aliphatic heterocycles. The van der Waals surface area contributed by atoms with E-state index in [1.165, 1.54) is 5.37 Å². The zero-order chi connectivity index (χ0) is 7.68. The molecule has 0 spiro atoms. The van der Waals surface area contributed by atoms with Crippen molar-refractivity contribution in [3.05, 3.63) is 5.37 Å². The van der Waals surface area contributed by atoms with Crippen molar-refractivity contribution in [1.82, 2.24) is 4.90 Å². The van der Waals surface area contributed by atoms with Crippen molar-refractivity contribution in [2.75, 3.05) is 32.1 Å². The Bertz CT molecular complexity index is 168. The van der Waals surface area contributed by atoms with Gasteiger partial charge in [0.25, 0.3) is 0 Å². The van der Waals surface area contributed by atoms with Gasteiger partial charge in [-0.1, -0.05) is 12.2 Å². The number of morpholine rings is 1. The molecule has 0 bridgehead atoms. The molecule has 0 N–H and O–H groups in total.